The fourth-order valence-electron chi connectivity index (χ4n) is 3.47. The summed E-state index contributed by atoms with van der Waals surface area (Å²) in [7, 11) is 4.90. The van der Waals surface area contributed by atoms with Crippen molar-refractivity contribution in [3.8, 4) is 23.0 Å². The summed E-state index contributed by atoms with van der Waals surface area (Å²) in [4.78, 5) is 21.4. The molecule has 0 N–H and O–H groups in total. The van der Waals surface area contributed by atoms with Crippen LogP contribution in [0.25, 0.3) is 10.2 Å². The van der Waals surface area contributed by atoms with Crippen LogP contribution in [-0.2, 0) is 4.79 Å². The third kappa shape index (κ3) is 4.46. The maximum absolute atomic E-state index is 12.6. The SMILES string of the molecule is COc1ccc(OCC(=O)N2CCN(c3nc4c(OC)ccc(OC)c4s3)CC2)cc1. The van der Waals surface area contributed by atoms with Crippen LogP contribution in [0.5, 0.6) is 23.0 Å². The highest BCUT2D eigenvalue weighted by molar-refractivity contribution is 7.22. The fraction of sp³-hybridized carbons (Fsp3) is 0.364. The van der Waals surface area contributed by atoms with E-state index in [0.29, 0.717) is 31.9 Å². The molecule has 0 unspecified atom stereocenters. The quantitative estimate of drug-likeness (QED) is 0.556. The Kier molecular flexibility index (Phi) is 6.31. The molecule has 2 aromatic carbocycles. The summed E-state index contributed by atoms with van der Waals surface area (Å²) >= 11 is 1.58. The number of ether oxygens (including phenoxy) is 4. The Bertz CT molecular complexity index is 1000. The Hall–Kier alpha value is -3.20. The van der Waals surface area contributed by atoms with Crippen LogP contribution in [0, 0.1) is 0 Å². The van der Waals surface area contributed by atoms with E-state index in [1.165, 1.54) is 0 Å². The summed E-state index contributed by atoms with van der Waals surface area (Å²) < 4.78 is 22.6. The van der Waals surface area contributed by atoms with Gasteiger partial charge in [0.1, 0.15) is 33.2 Å². The first-order chi connectivity index (χ1) is 15.1. The van der Waals surface area contributed by atoms with Crippen molar-refractivity contribution in [3.63, 3.8) is 0 Å². The van der Waals surface area contributed by atoms with Gasteiger partial charge in [0.25, 0.3) is 5.91 Å². The molecule has 0 spiro atoms. The van der Waals surface area contributed by atoms with Gasteiger partial charge in [-0.25, -0.2) is 4.98 Å². The largest absolute Gasteiger partial charge is 0.497 e. The zero-order chi connectivity index (χ0) is 21.8. The summed E-state index contributed by atoms with van der Waals surface area (Å²) in [5.74, 6) is 2.87. The van der Waals surface area contributed by atoms with Gasteiger partial charge < -0.3 is 28.7 Å². The van der Waals surface area contributed by atoms with Crippen LogP contribution in [0.4, 0.5) is 5.13 Å². The molecule has 9 heteroatoms. The standard InChI is InChI=1S/C22H25N3O5S/c1-27-15-4-6-16(7-5-15)30-14-19(26)24-10-12-25(13-11-24)22-23-20-17(28-2)8-9-18(29-3)21(20)31-22/h4-9H,10-14H2,1-3H3. The maximum Gasteiger partial charge on any atom is 0.260 e. The third-order valence-electron chi connectivity index (χ3n) is 5.22. The number of nitrogens with zero attached hydrogens (tertiary/aromatic N) is 3. The van der Waals surface area contributed by atoms with Gasteiger partial charge in [-0.1, -0.05) is 11.3 Å². The van der Waals surface area contributed by atoms with Gasteiger partial charge in [0.05, 0.1) is 21.3 Å². The van der Waals surface area contributed by atoms with E-state index in [4.69, 9.17) is 23.9 Å². The van der Waals surface area contributed by atoms with E-state index < -0.39 is 0 Å². The molecule has 1 saturated heterocycles. The summed E-state index contributed by atoms with van der Waals surface area (Å²) in [6, 6.07) is 11.0. The molecular weight excluding hydrogens is 418 g/mol. The minimum Gasteiger partial charge on any atom is -0.497 e. The minimum atomic E-state index is -0.0249. The van der Waals surface area contributed by atoms with Crippen LogP contribution in [0.1, 0.15) is 0 Å². The first-order valence-electron chi connectivity index (χ1n) is 9.94. The molecule has 31 heavy (non-hydrogen) atoms. The average Bonchev–Trinajstić information content (AvgIpc) is 3.28. The van der Waals surface area contributed by atoms with Crippen molar-refractivity contribution in [3.05, 3.63) is 36.4 Å². The molecule has 1 amide bonds. The van der Waals surface area contributed by atoms with Gasteiger partial charge in [-0.2, -0.15) is 0 Å². The third-order valence-corrected chi connectivity index (χ3v) is 6.35. The fourth-order valence-corrected chi connectivity index (χ4v) is 4.59. The van der Waals surface area contributed by atoms with E-state index in [0.717, 1.165) is 32.6 Å². The molecule has 1 aliphatic rings. The Balaban J connectivity index is 1.36. The van der Waals surface area contributed by atoms with Crippen molar-refractivity contribution in [2.75, 3.05) is 59.0 Å². The Labute approximate surface area is 184 Å². The molecule has 1 fully saturated rings. The number of carbonyl (C=O) groups excluding carboxylic acids is 1. The van der Waals surface area contributed by atoms with Gasteiger partial charge in [0.15, 0.2) is 11.7 Å². The first-order valence-corrected chi connectivity index (χ1v) is 10.8. The molecule has 3 aromatic rings. The molecule has 0 bridgehead atoms. The zero-order valence-corrected chi connectivity index (χ0v) is 18.6. The highest BCUT2D eigenvalue weighted by Gasteiger charge is 2.24. The second-order valence-corrected chi connectivity index (χ2v) is 7.95. The van der Waals surface area contributed by atoms with Crippen molar-refractivity contribution in [2.45, 2.75) is 0 Å². The number of anilines is 1. The number of benzene rings is 2. The van der Waals surface area contributed by atoms with E-state index in [1.54, 1.807) is 56.9 Å². The van der Waals surface area contributed by atoms with Crippen molar-refractivity contribution in [1.82, 2.24) is 9.88 Å². The topological polar surface area (TPSA) is 73.4 Å². The van der Waals surface area contributed by atoms with Crippen LogP contribution in [-0.4, -0.2) is 69.9 Å². The highest BCUT2D eigenvalue weighted by atomic mass is 32.1. The number of hydrogen-bond donors (Lipinski definition) is 0. The maximum atomic E-state index is 12.6. The lowest BCUT2D eigenvalue weighted by Crippen LogP contribution is -2.50. The normalized spacial score (nSPS) is 13.9. The first kappa shape index (κ1) is 21.0. The van der Waals surface area contributed by atoms with Gasteiger partial charge in [-0.15, -0.1) is 0 Å². The summed E-state index contributed by atoms with van der Waals surface area (Å²) in [5, 5.41) is 0.902. The lowest BCUT2D eigenvalue weighted by atomic mass is 10.3. The van der Waals surface area contributed by atoms with Gasteiger partial charge >= 0.3 is 0 Å². The van der Waals surface area contributed by atoms with E-state index in [-0.39, 0.29) is 12.5 Å². The minimum absolute atomic E-state index is 0.0157. The number of methoxy groups -OCH3 is 3. The van der Waals surface area contributed by atoms with Gasteiger partial charge in [0.2, 0.25) is 0 Å². The number of piperazine rings is 1. The van der Waals surface area contributed by atoms with Crippen LogP contribution in [0.15, 0.2) is 36.4 Å². The summed E-state index contributed by atoms with van der Waals surface area (Å²) in [6.45, 7) is 2.67. The number of aromatic nitrogens is 1. The number of amides is 1. The number of carbonyl (C=O) groups is 1. The molecule has 4 rings (SSSR count). The molecule has 1 aliphatic heterocycles. The summed E-state index contributed by atoms with van der Waals surface area (Å²) in [5.41, 5.74) is 0.799. The van der Waals surface area contributed by atoms with Crippen LogP contribution >= 0.6 is 11.3 Å². The van der Waals surface area contributed by atoms with Crippen molar-refractivity contribution < 1.29 is 23.7 Å². The second-order valence-electron chi connectivity index (χ2n) is 6.98. The lowest BCUT2D eigenvalue weighted by Gasteiger charge is -2.34. The molecule has 1 aromatic heterocycles. The van der Waals surface area contributed by atoms with Gasteiger partial charge in [-0.3, -0.25) is 4.79 Å². The van der Waals surface area contributed by atoms with Gasteiger partial charge in [-0.05, 0) is 36.4 Å². The molecule has 0 atom stereocenters. The molecule has 0 radical (unpaired) electrons. The number of fused-ring (bicyclic) bond motifs is 1. The average molecular weight is 444 g/mol. The lowest BCUT2D eigenvalue weighted by molar-refractivity contribution is -0.133. The predicted molar refractivity (Wildman–Crippen MR) is 120 cm³/mol. The molecule has 2 heterocycles. The van der Waals surface area contributed by atoms with E-state index >= 15 is 0 Å². The highest BCUT2D eigenvalue weighted by Crippen LogP contribution is 2.40. The number of hydrogen-bond acceptors (Lipinski definition) is 8. The smallest absolute Gasteiger partial charge is 0.260 e. The van der Waals surface area contributed by atoms with Crippen molar-refractivity contribution >= 4 is 32.6 Å². The van der Waals surface area contributed by atoms with E-state index in [1.807, 2.05) is 17.0 Å². The molecule has 0 saturated carbocycles. The van der Waals surface area contributed by atoms with E-state index in [2.05, 4.69) is 4.90 Å². The number of thiazole rings is 1. The van der Waals surface area contributed by atoms with Crippen molar-refractivity contribution in [1.29, 1.82) is 0 Å². The molecule has 164 valence electrons. The Morgan fingerprint density at radius 2 is 1.55 bits per heavy atom. The van der Waals surface area contributed by atoms with Crippen LogP contribution < -0.4 is 23.8 Å². The van der Waals surface area contributed by atoms with Crippen LogP contribution in [0.3, 0.4) is 0 Å². The van der Waals surface area contributed by atoms with E-state index in [9.17, 15) is 4.79 Å². The summed E-state index contributed by atoms with van der Waals surface area (Å²) in [6.07, 6.45) is 0. The van der Waals surface area contributed by atoms with Crippen molar-refractivity contribution in [2.24, 2.45) is 0 Å². The zero-order valence-electron chi connectivity index (χ0n) is 17.8. The van der Waals surface area contributed by atoms with Crippen LogP contribution in [0.2, 0.25) is 0 Å². The Morgan fingerprint density at radius 3 is 2.19 bits per heavy atom. The predicted octanol–water partition coefficient (Wildman–Crippen LogP) is 3.05. The Morgan fingerprint density at radius 1 is 0.903 bits per heavy atom. The number of rotatable bonds is 7. The monoisotopic (exact) mass is 443 g/mol. The second kappa shape index (κ2) is 9.30. The van der Waals surface area contributed by atoms with Gasteiger partial charge in [0, 0.05) is 26.2 Å². The molecule has 0 aliphatic carbocycles. The molecular formula is C22H25N3O5S. The molecule has 8 nitrogen and oxygen atoms in total.